The van der Waals surface area contributed by atoms with Gasteiger partial charge in [0.25, 0.3) is 5.69 Å². The highest BCUT2D eigenvalue weighted by Crippen LogP contribution is 2.38. The maximum atomic E-state index is 13.3. The van der Waals surface area contributed by atoms with Crippen molar-refractivity contribution < 1.29 is 41.2 Å². The second kappa shape index (κ2) is 12.3. The van der Waals surface area contributed by atoms with Crippen molar-refractivity contribution in [2.75, 3.05) is 18.5 Å². The van der Waals surface area contributed by atoms with Crippen LogP contribution in [-0.2, 0) is 27.0 Å². The number of halogens is 4. The Balaban J connectivity index is 1.14. The van der Waals surface area contributed by atoms with Gasteiger partial charge in [0.05, 0.1) is 24.2 Å². The van der Waals surface area contributed by atoms with Crippen molar-refractivity contribution in [2.45, 2.75) is 50.6 Å². The Kier molecular flexibility index (Phi) is 8.87. The maximum Gasteiger partial charge on any atom is 0.423 e. The predicted octanol–water partition coefficient (Wildman–Crippen LogP) is 4.67. The summed E-state index contributed by atoms with van der Waals surface area (Å²) in [4.78, 5) is 33.9. The Morgan fingerprint density at radius 1 is 1.02 bits per heavy atom. The van der Waals surface area contributed by atoms with Crippen molar-refractivity contribution in [3.8, 4) is 0 Å². The van der Waals surface area contributed by atoms with E-state index in [9.17, 15) is 37.3 Å². The molecule has 3 N–H and O–H groups in total. The van der Waals surface area contributed by atoms with Crippen LogP contribution in [0.25, 0.3) is 11.0 Å². The van der Waals surface area contributed by atoms with Crippen LogP contribution in [0.3, 0.4) is 0 Å². The number of hydrogen-bond acceptors (Lipinski definition) is 7. The molecule has 1 saturated carbocycles. The van der Waals surface area contributed by atoms with Crippen LogP contribution in [0, 0.1) is 15.9 Å². The van der Waals surface area contributed by atoms with Crippen LogP contribution in [0.5, 0.6) is 0 Å². The van der Waals surface area contributed by atoms with Crippen LogP contribution >= 0.6 is 0 Å². The number of ether oxygens (including phenoxy) is 1. The summed E-state index contributed by atoms with van der Waals surface area (Å²) >= 11 is 0. The summed E-state index contributed by atoms with van der Waals surface area (Å²) in [5, 5.41) is 19.3. The molecular weight excluding hydrogens is 540 g/mol. The molecule has 1 aromatic heterocycles. The van der Waals surface area contributed by atoms with Gasteiger partial charge in [0.2, 0.25) is 0 Å². The summed E-state index contributed by atoms with van der Waals surface area (Å²) in [5.74, 6) is -1.76. The lowest BCUT2D eigenvalue weighted by molar-refractivity contribution is -0.388. The van der Waals surface area contributed by atoms with E-state index >= 15 is 0 Å². The SMILES string of the molecule is O=C(NCCOC1CCC(Nc2ccc([N+](=O)[O-])c(C(F)(F)F)c2)CC1)C(=O)NCc1cc2cc(F)ccc2o1. The summed E-state index contributed by atoms with van der Waals surface area (Å²) < 4.78 is 64.1. The molecule has 0 spiro atoms. The maximum absolute atomic E-state index is 13.3. The smallest absolute Gasteiger partial charge is 0.423 e. The lowest BCUT2D eigenvalue weighted by atomic mass is 9.92. The van der Waals surface area contributed by atoms with E-state index in [1.807, 2.05) is 0 Å². The average molecular weight is 567 g/mol. The van der Waals surface area contributed by atoms with Crippen LogP contribution in [0.1, 0.15) is 37.0 Å². The van der Waals surface area contributed by atoms with Crippen molar-refractivity contribution in [3.05, 3.63) is 69.7 Å². The van der Waals surface area contributed by atoms with Crippen molar-refractivity contribution in [3.63, 3.8) is 0 Å². The van der Waals surface area contributed by atoms with E-state index in [1.165, 1.54) is 24.3 Å². The Hall–Kier alpha value is -4.20. The fraction of sp³-hybridized carbons (Fsp3) is 0.385. The Bertz CT molecular complexity index is 1390. The van der Waals surface area contributed by atoms with Gasteiger partial charge in [-0.25, -0.2) is 4.39 Å². The lowest BCUT2D eigenvalue weighted by Gasteiger charge is -2.30. The number of nitro groups is 1. The number of fused-ring (bicyclic) bond motifs is 1. The molecule has 1 heterocycles. The number of benzene rings is 2. The first-order valence-corrected chi connectivity index (χ1v) is 12.5. The van der Waals surface area contributed by atoms with Crippen molar-refractivity contribution in [1.82, 2.24) is 10.6 Å². The zero-order chi connectivity index (χ0) is 28.9. The molecule has 10 nitrogen and oxygen atoms in total. The number of rotatable bonds is 9. The normalized spacial score (nSPS) is 17.4. The van der Waals surface area contributed by atoms with Crippen LogP contribution in [-0.4, -0.2) is 42.0 Å². The number of carbonyl (C=O) groups is 2. The number of amides is 2. The van der Waals surface area contributed by atoms with Gasteiger partial charge in [-0.2, -0.15) is 13.2 Å². The molecule has 0 atom stereocenters. The average Bonchev–Trinajstić information content (AvgIpc) is 3.32. The Morgan fingerprint density at radius 2 is 1.75 bits per heavy atom. The highest BCUT2D eigenvalue weighted by atomic mass is 19.4. The second-order valence-corrected chi connectivity index (χ2v) is 9.31. The molecule has 14 heteroatoms. The molecule has 2 amide bonds. The van der Waals surface area contributed by atoms with Gasteiger partial charge in [0, 0.05) is 29.7 Å². The van der Waals surface area contributed by atoms with E-state index in [2.05, 4.69) is 16.0 Å². The predicted molar refractivity (Wildman–Crippen MR) is 135 cm³/mol. The van der Waals surface area contributed by atoms with Crippen LogP contribution in [0.15, 0.2) is 46.9 Å². The topological polar surface area (TPSA) is 136 Å². The molecular formula is C26H26F4N4O6. The molecule has 0 aliphatic heterocycles. The number of nitro benzene ring substituents is 1. The first-order chi connectivity index (χ1) is 19.0. The molecule has 3 aromatic rings. The third kappa shape index (κ3) is 7.46. The summed E-state index contributed by atoms with van der Waals surface area (Å²) in [6, 6.07) is 8.31. The molecule has 0 bridgehead atoms. The van der Waals surface area contributed by atoms with Crippen molar-refractivity contribution >= 4 is 34.2 Å². The molecule has 1 aliphatic carbocycles. The number of anilines is 1. The summed E-state index contributed by atoms with van der Waals surface area (Å²) in [6.07, 6.45) is -2.53. The van der Waals surface area contributed by atoms with Gasteiger partial charge in [0.1, 0.15) is 22.7 Å². The summed E-state index contributed by atoms with van der Waals surface area (Å²) in [7, 11) is 0. The minimum atomic E-state index is -4.85. The molecule has 1 aliphatic rings. The monoisotopic (exact) mass is 566 g/mol. The minimum Gasteiger partial charge on any atom is -0.459 e. The number of carbonyl (C=O) groups excluding carboxylic acids is 2. The molecule has 1 fully saturated rings. The molecule has 0 radical (unpaired) electrons. The number of hydrogen-bond donors (Lipinski definition) is 3. The van der Waals surface area contributed by atoms with Gasteiger partial charge in [-0.05, 0) is 62.1 Å². The zero-order valence-corrected chi connectivity index (χ0v) is 21.1. The molecule has 4 rings (SSSR count). The van der Waals surface area contributed by atoms with E-state index in [4.69, 9.17) is 9.15 Å². The van der Waals surface area contributed by atoms with E-state index in [-0.39, 0.29) is 37.5 Å². The Morgan fingerprint density at radius 3 is 2.45 bits per heavy atom. The van der Waals surface area contributed by atoms with Gasteiger partial charge in [-0.1, -0.05) is 0 Å². The van der Waals surface area contributed by atoms with Crippen LogP contribution < -0.4 is 16.0 Å². The quantitative estimate of drug-likeness (QED) is 0.113. The van der Waals surface area contributed by atoms with Crippen molar-refractivity contribution in [2.24, 2.45) is 0 Å². The fourth-order valence-corrected chi connectivity index (χ4v) is 4.50. The van der Waals surface area contributed by atoms with E-state index in [0.717, 1.165) is 12.1 Å². The first-order valence-electron chi connectivity index (χ1n) is 12.5. The van der Waals surface area contributed by atoms with Crippen LogP contribution in [0.2, 0.25) is 0 Å². The largest absolute Gasteiger partial charge is 0.459 e. The van der Waals surface area contributed by atoms with E-state index < -0.39 is 40.0 Å². The Labute approximate surface area is 225 Å². The molecule has 0 saturated heterocycles. The molecule has 0 unspecified atom stereocenters. The van der Waals surface area contributed by atoms with Gasteiger partial charge < -0.3 is 25.1 Å². The van der Waals surface area contributed by atoms with Gasteiger partial charge >= 0.3 is 18.0 Å². The molecule has 214 valence electrons. The van der Waals surface area contributed by atoms with Crippen LogP contribution in [0.4, 0.5) is 28.9 Å². The van der Waals surface area contributed by atoms with E-state index in [1.54, 1.807) is 6.07 Å². The summed E-state index contributed by atoms with van der Waals surface area (Å²) in [5.41, 5.74) is -1.69. The third-order valence-electron chi connectivity index (χ3n) is 6.44. The minimum absolute atomic E-state index is 0.0479. The number of nitrogens with zero attached hydrogens (tertiary/aromatic N) is 1. The fourth-order valence-electron chi connectivity index (χ4n) is 4.50. The zero-order valence-electron chi connectivity index (χ0n) is 21.1. The van der Waals surface area contributed by atoms with Gasteiger partial charge in [-0.15, -0.1) is 0 Å². The summed E-state index contributed by atoms with van der Waals surface area (Å²) in [6.45, 7) is 0.208. The van der Waals surface area contributed by atoms with E-state index in [0.29, 0.717) is 42.4 Å². The highest BCUT2D eigenvalue weighted by Gasteiger charge is 2.38. The second-order valence-electron chi connectivity index (χ2n) is 9.31. The molecule has 40 heavy (non-hydrogen) atoms. The van der Waals surface area contributed by atoms with Crippen molar-refractivity contribution in [1.29, 1.82) is 0 Å². The lowest BCUT2D eigenvalue weighted by Crippen LogP contribution is -2.41. The van der Waals surface area contributed by atoms with Gasteiger partial charge in [0.15, 0.2) is 0 Å². The first kappa shape index (κ1) is 28.8. The molecule has 2 aromatic carbocycles. The number of furan rings is 1. The highest BCUT2D eigenvalue weighted by molar-refractivity contribution is 6.35. The number of alkyl halides is 3. The van der Waals surface area contributed by atoms with Gasteiger partial charge in [-0.3, -0.25) is 19.7 Å². The number of nitrogens with one attached hydrogen (secondary N) is 3. The standard InChI is InChI=1S/C26H26F4N4O6/c27-16-1-8-23-15(11-16)12-20(40-23)14-32-25(36)24(35)31-9-10-39-19-5-2-17(3-6-19)33-18-4-7-22(34(37)38)21(13-18)26(28,29)30/h1,4,7-8,11-13,17,19,33H,2-3,5-6,9-10,14H2,(H,31,35)(H,32,36). The third-order valence-corrected chi connectivity index (χ3v) is 6.44.